The highest BCUT2D eigenvalue weighted by molar-refractivity contribution is 5.94. The highest BCUT2D eigenvalue weighted by Crippen LogP contribution is 2.14. The largest absolute Gasteiger partial charge is 0.462 e. The van der Waals surface area contributed by atoms with Crippen LogP contribution in [0.2, 0.25) is 0 Å². The third-order valence-electron chi connectivity index (χ3n) is 3.28. The Morgan fingerprint density at radius 2 is 1.50 bits per heavy atom. The molecule has 0 bridgehead atoms. The van der Waals surface area contributed by atoms with Gasteiger partial charge in [-0.1, -0.05) is 13.8 Å². The van der Waals surface area contributed by atoms with Gasteiger partial charge < -0.3 is 9.47 Å². The van der Waals surface area contributed by atoms with Crippen molar-refractivity contribution in [1.29, 1.82) is 0 Å². The number of rotatable bonds is 7. The van der Waals surface area contributed by atoms with Crippen LogP contribution in [0, 0.1) is 5.92 Å². The molecule has 0 fully saturated rings. The second kappa shape index (κ2) is 8.32. The quantitative estimate of drug-likeness (QED) is 0.439. The van der Waals surface area contributed by atoms with Gasteiger partial charge in [-0.3, -0.25) is 14.4 Å². The van der Waals surface area contributed by atoms with Crippen LogP contribution in [0.15, 0.2) is 24.3 Å². The number of ketones is 1. The number of ether oxygens (including phenoxy) is 2. The molecule has 0 aromatic heterocycles. The van der Waals surface area contributed by atoms with Crippen LogP contribution in [0.4, 0.5) is 0 Å². The van der Waals surface area contributed by atoms with Crippen molar-refractivity contribution in [1.82, 2.24) is 0 Å². The molecule has 5 heteroatoms. The van der Waals surface area contributed by atoms with Crippen molar-refractivity contribution < 1.29 is 23.9 Å². The van der Waals surface area contributed by atoms with Crippen molar-refractivity contribution in [3.8, 4) is 5.75 Å². The number of hydrogen-bond donors (Lipinski definition) is 0. The normalized spacial score (nSPS) is 11.9. The Labute approximate surface area is 130 Å². The van der Waals surface area contributed by atoms with Gasteiger partial charge in [-0.2, -0.15) is 0 Å². The van der Waals surface area contributed by atoms with Crippen LogP contribution < -0.4 is 4.74 Å². The smallest absolute Gasteiger partial charge is 0.311 e. The summed E-state index contributed by atoms with van der Waals surface area (Å²) < 4.78 is 10.3. The monoisotopic (exact) mass is 306 g/mol. The minimum Gasteiger partial charge on any atom is -0.462 e. The first-order valence-electron chi connectivity index (χ1n) is 7.30. The van der Waals surface area contributed by atoms with E-state index in [9.17, 15) is 14.4 Å². The molecule has 1 atom stereocenters. The molecule has 0 N–H and O–H groups in total. The number of esters is 2. The molecule has 120 valence electrons. The second-order valence-electron chi connectivity index (χ2n) is 5.49. The summed E-state index contributed by atoms with van der Waals surface area (Å²) in [5, 5.41) is 0. The van der Waals surface area contributed by atoms with E-state index in [-0.39, 0.29) is 30.6 Å². The maximum absolute atomic E-state index is 11.7. The first-order valence-corrected chi connectivity index (χ1v) is 7.30. The molecular weight excluding hydrogens is 284 g/mol. The fraction of sp³-hybridized carbons (Fsp3) is 0.471. The van der Waals surface area contributed by atoms with Gasteiger partial charge in [0.05, 0.1) is 12.8 Å². The van der Waals surface area contributed by atoms with Crippen LogP contribution in [0.3, 0.4) is 0 Å². The lowest BCUT2D eigenvalue weighted by molar-refractivity contribution is -0.152. The van der Waals surface area contributed by atoms with Gasteiger partial charge in [0.1, 0.15) is 11.9 Å². The van der Waals surface area contributed by atoms with Gasteiger partial charge >= 0.3 is 11.9 Å². The van der Waals surface area contributed by atoms with Gasteiger partial charge in [0, 0.05) is 5.56 Å². The summed E-state index contributed by atoms with van der Waals surface area (Å²) in [5.41, 5.74) is 0.547. The zero-order valence-corrected chi connectivity index (χ0v) is 13.4. The van der Waals surface area contributed by atoms with Gasteiger partial charge in [-0.25, -0.2) is 0 Å². The summed E-state index contributed by atoms with van der Waals surface area (Å²) in [6.45, 7) is 7.19. The third-order valence-corrected chi connectivity index (χ3v) is 3.28. The van der Waals surface area contributed by atoms with E-state index in [4.69, 9.17) is 9.47 Å². The Bertz CT molecular complexity index is 530. The van der Waals surface area contributed by atoms with E-state index in [1.807, 2.05) is 20.8 Å². The number of hydrogen-bond acceptors (Lipinski definition) is 5. The molecule has 0 spiro atoms. The third kappa shape index (κ3) is 6.08. The molecule has 0 saturated heterocycles. The van der Waals surface area contributed by atoms with Crippen LogP contribution in [0.1, 0.15) is 50.9 Å². The summed E-state index contributed by atoms with van der Waals surface area (Å²) in [7, 11) is 0. The standard InChI is InChI=1S/C17H22O5/c1-11(2)13(4)21-16(19)9-10-17(20)22-15-7-5-14(6-8-15)12(3)18/h5-8,11,13H,9-10H2,1-4H3. The van der Waals surface area contributed by atoms with Gasteiger partial charge in [0.15, 0.2) is 5.78 Å². The van der Waals surface area contributed by atoms with Crippen molar-refractivity contribution in [2.45, 2.75) is 46.6 Å². The second-order valence-corrected chi connectivity index (χ2v) is 5.49. The average Bonchev–Trinajstić information content (AvgIpc) is 2.45. The highest BCUT2D eigenvalue weighted by atomic mass is 16.5. The topological polar surface area (TPSA) is 69.7 Å². The van der Waals surface area contributed by atoms with Crippen molar-refractivity contribution in [2.75, 3.05) is 0 Å². The Kier molecular flexibility index (Phi) is 6.76. The van der Waals surface area contributed by atoms with Crippen molar-refractivity contribution in [3.05, 3.63) is 29.8 Å². The Hall–Kier alpha value is -2.17. The lowest BCUT2D eigenvalue weighted by Gasteiger charge is -2.16. The number of carbonyl (C=O) groups excluding carboxylic acids is 3. The number of carbonyl (C=O) groups is 3. The molecule has 22 heavy (non-hydrogen) atoms. The Balaban J connectivity index is 2.40. The van der Waals surface area contributed by atoms with E-state index in [0.29, 0.717) is 11.3 Å². The summed E-state index contributed by atoms with van der Waals surface area (Å²) >= 11 is 0. The van der Waals surface area contributed by atoms with Gasteiger partial charge in [0.25, 0.3) is 0 Å². The number of benzene rings is 1. The van der Waals surface area contributed by atoms with E-state index < -0.39 is 11.9 Å². The molecular formula is C17H22O5. The number of Topliss-reactive ketones (excluding diaryl/α,β-unsaturated/α-hetero) is 1. The fourth-order valence-corrected chi connectivity index (χ4v) is 1.55. The van der Waals surface area contributed by atoms with Gasteiger partial charge in [0.2, 0.25) is 0 Å². The van der Waals surface area contributed by atoms with Crippen molar-refractivity contribution in [2.24, 2.45) is 5.92 Å². The molecule has 1 aromatic carbocycles. The predicted octanol–water partition coefficient (Wildman–Crippen LogP) is 3.16. The molecule has 1 aromatic rings. The van der Waals surface area contributed by atoms with E-state index in [2.05, 4.69) is 0 Å². The zero-order chi connectivity index (χ0) is 16.7. The Morgan fingerprint density at radius 3 is 2.00 bits per heavy atom. The maximum atomic E-state index is 11.7. The molecule has 0 amide bonds. The maximum Gasteiger partial charge on any atom is 0.311 e. The van der Waals surface area contributed by atoms with Crippen LogP contribution in [0.5, 0.6) is 5.75 Å². The fourth-order valence-electron chi connectivity index (χ4n) is 1.55. The lowest BCUT2D eigenvalue weighted by Crippen LogP contribution is -2.21. The van der Waals surface area contributed by atoms with E-state index in [1.165, 1.54) is 6.92 Å². The summed E-state index contributed by atoms with van der Waals surface area (Å²) in [5.74, 6) is -0.399. The van der Waals surface area contributed by atoms with Crippen LogP contribution in [0.25, 0.3) is 0 Å². The van der Waals surface area contributed by atoms with E-state index >= 15 is 0 Å². The van der Waals surface area contributed by atoms with Gasteiger partial charge in [-0.05, 0) is 44.0 Å². The first-order chi connectivity index (χ1) is 10.3. The highest BCUT2D eigenvalue weighted by Gasteiger charge is 2.15. The predicted molar refractivity (Wildman–Crippen MR) is 81.7 cm³/mol. The summed E-state index contributed by atoms with van der Waals surface area (Å²) in [6.07, 6.45) is -0.234. The van der Waals surface area contributed by atoms with Gasteiger partial charge in [-0.15, -0.1) is 0 Å². The van der Waals surface area contributed by atoms with Crippen molar-refractivity contribution >= 4 is 17.7 Å². The SMILES string of the molecule is CC(=O)c1ccc(OC(=O)CCC(=O)OC(C)C(C)C)cc1. The van der Waals surface area contributed by atoms with E-state index in [1.54, 1.807) is 24.3 Å². The minimum atomic E-state index is -0.510. The molecule has 1 unspecified atom stereocenters. The molecule has 0 saturated carbocycles. The van der Waals surface area contributed by atoms with E-state index in [0.717, 1.165) is 0 Å². The van der Waals surface area contributed by atoms with Crippen molar-refractivity contribution in [3.63, 3.8) is 0 Å². The minimum absolute atomic E-state index is 0.0125. The molecule has 0 aliphatic carbocycles. The molecule has 0 radical (unpaired) electrons. The lowest BCUT2D eigenvalue weighted by atomic mass is 10.1. The molecule has 0 aliphatic rings. The average molecular weight is 306 g/mol. The van der Waals surface area contributed by atoms with Crippen LogP contribution in [-0.2, 0) is 14.3 Å². The molecule has 5 nitrogen and oxygen atoms in total. The Morgan fingerprint density at radius 1 is 0.955 bits per heavy atom. The van der Waals surface area contributed by atoms with Crippen LogP contribution >= 0.6 is 0 Å². The van der Waals surface area contributed by atoms with Crippen LogP contribution in [-0.4, -0.2) is 23.8 Å². The molecule has 0 heterocycles. The summed E-state index contributed by atoms with van der Waals surface area (Å²) in [6, 6.07) is 6.27. The molecule has 0 aliphatic heterocycles. The zero-order valence-electron chi connectivity index (χ0n) is 13.4. The summed E-state index contributed by atoms with van der Waals surface area (Å²) in [4.78, 5) is 34.4. The molecule has 1 rings (SSSR count). The first kappa shape index (κ1) is 17.9.